The quantitative estimate of drug-likeness (QED) is 0.870. The maximum Gasteiger partial charge on any atom is 0.133 e. The fourth-order valence-corrected chi connectivity index (χ4v) is 1.99. The Labute approximate surface area is 114 Å². The van der Waals surface area contributed by atoms with Crippen molar-refractivity contribution in [3.8, 4) is 11.8 Å². The normalized spacial score (nSPS) is 9.78. The van der Waals surface area contributed by atoms with E-state index in [4.69, 9.17) is 10.00 Å². The predicted octanol–water partition coefficient (Wildman–Crippen LogP) is 3.34. The summed E-state index contributed by atoms with van der Waals surface area (Å²) in [5, 5.41) is 8.76. The summed E-state index contributed by atoms with van der Waals surface area (Å²) in [5.41, 5.74) is 1.61. The average molecular weight is 303 g/mol. The monoisotopic (exact) mass is 302 g/mol. The summed E-state index contributed by atoms with van der Waals surface area (Å²) in [4.78, 5) is 4.22. The number of halogens is 1. The number of nitrogens with zero attached hydrogens (tertiary/aromatic N) is 2. The Balaban J connectivity index is 1.93. The van der Waals surface area contributed by atoms with Crippen molar-refractivity contribution < 1.29 is 4.74 Å². The number of aromatic nitrogens is 1. The standard InChI is InChI=1S/C14H11BrN2O/c15-13-9-11(10-16)4-5-14(13)18-8-6-12-3-1-2-7-17-12/h1-5,7,9H,6,8H2. The van der Waals surface area contributed by atoms with Gasteiger partial charge in [-0.25, -0.2) is 0 Å². The van der Waals surface area contributed by atoms with Crippen molar-refractivity contribution in [2.75, 3.05) is 6.61 Å². The summed E-state index contributed by atoms with van der Waals surface area (Å²) in [6.07, 6.45) is 2.53. The summed E-state index contributed by atoms with van der Waals surface area (Å²) in [6, 6.07) is 13.2. The van der Waals surface area contributed by atoms with E-state index in [9.17, 15) is 0 Å². The Morgan fingerprint density at radius 2 is 2.17 bits per heavy atom. The van der Waals surface area contributed by atoms with Crippen LogP contribution in [0.4, 0.5) is 0 Å². The first-order chi connectivity index (χ1) is 8.79. The van der Waals surface area contributed by atoms with Crippen LogP contribution in [-0.4, -0.2) is 11.6 Å². The van der Waals surface area contributed by atoms with Crippen LogP contribution in [0.2, 0.25) is 0 Å². The topological polar surface area (TPSA) is 45.9 Å². The van der Waals surface area contributed by atoms with E-state index in [1.165, 1.54) is 0 Å². The third kappa shape index (κ3) is 3.31. The van der Waals surface area contributed by atoms with E-state index in [1.54, 1.807) is 24.4 Å². The first kappa shape index (κ1) is 12.6. The minimum absolute atomic E-state index is 0.557. The predicted molar refractivity (Wildman–Crippen MR) is 72.3 cm³/mol. The van der Waals surface area contributed by atoms with Crippen LogP contribution in [0, 0.1) is 11.3 Å². The van der Waals surface area contributed by atoms with Gasteiger partial charge in [0.25, 0.3) is 0 Å². The molecule has 1 aromatic heterocycles. The maximum atomic E-state index is 8.76. The molecule has 1 aromatic carbocycles. The number of nitriles is 1. The van der Waals surface area contributed by atoms with Gasteiger partial charge in [-0.15, -0.1) is 0 Å². The third-order valence-electron chi connectivity index (χ3n) is 2.40. The molecule has 0 aliphatic heterocycles. The second-order valence-corrected chi connectivity index (χ2v) is 4.53. The third-order valence-corrected chi connectivity index (χ3v) is 3.02. The van der Waals surface area contributed by atoms with Gasteiger partial charge in [0.15, 0.2) is 0 Å². The van der Waals surface area contributed by atoms with Crippen molar-refractivity contribution in [3.05, 3.63) is 58.3 Å². The van der Waals surface area contributed by atoms with Crippen molar-refractivity contribution in [2.24, 2.45) is 0 Å². The van der Waals surface area contributed by atoms with Crippen LogP contribution in [0.1, 0.15) is 11.3 Å². The molecule has 0 N–H and O–H groups in total. The lowest BCUT2D eigenvalue weighted by atomic mass is 10.2. The summed E-state index contributed by atoms with van der Waals surface area (Å²) in [6.45, 7) is 0.557. The van der Waals surface area contributed by atoms with Gasteiger partial charge in [-0.05, 0) is 46.3 Å². The summed E-state index contributed by atoms with van der Waals surface area (Å²) in [7, 11) is 0. The molecule has 0 saturated carbocycles. The largest absolute Gasteiger partial charge is 0.492 e. The molecule has 0 atom stereocenters. The number of benzene rings is 1. The molecule has 2 aromatic rings. The lowest BCUT2D eigenvalue weighted by Gasteiger charge is -2.07. The van der Waals surface area contributed by atoms with Gasteiger partial charge in [0.2, 0.25) is 0 Å². The van der Waals surface area contributed by atoms with Crippen LogP contribution < -0.4 is 4.74 Å². The van der Waals surface area contributed by atoms with Crippen molar-refractivity contribution >= 4 is 15.9 Å². The molecule has 0 aliphatic carbocycles. The Hall–Kier alpha value is -1.86. The number of hydrogen-bond donors (Lipinski definition) is 0. The molecule has 0 radical (unpaired) electrons. The van der Waals surface area contributed by atoms with Crippen molar-refractivity contribution in [2.45, 2.75) is 6.42 Å². The lowest BCUT2D eigenvalue weighted by molar-refractivity contribution is 0.318. The van der Waals surface area contributed by atoms with E-state index in [0.29, 0.717) is 12.2 Å². The zero-order chi connectivity index (χ0) is 12.8. The number of hydrogen-bond acceptors (Lipinski definition) is 3. The van der Waals surface area contributed by atoms with Gasteiger partial charge in [0.05, 0.1) is 22.7 Å². The molecule has 0 saturated heterocycles. The van der Waals surface area contributed by atoms with Crippen LogP contribution in [0.5, 0.6) is 5.75 Å². The van der Waals surface area contributed by atoms with E-state index < -0.39 is 0 Å². The van der Waals surface area contributed by atoms with Gasteiger partial charge in [-0.3, -0.25) is 4.98 Å². The summed E-state index contributed by atoms with van der Waals surface area (Å²) in [5.74, 6) is 0.741. The second kappa shape index (κ2) is 6.18. The molecule has 3 nitrogen and oxygen atoms in total. The molecule has 1 heterocycles. The summed E-state index contributed by atoms with van der Waals surface area (Å²) < 4.78 is 6.44. The van der Waals surface area contributed by atoms with Crippen LogP contribution >= 0.6 is 15.9 Å². The van der Waals surface area contributed by atoms with E-state index in [1.807, 2.05) is 18.2 Å². The maximum absolute atomic E-state index is 8.76. The molecule has 0 spiro atoms. The van der Waals surface area contributed by atoms with E-state index >= 15 is 0 Å². The van der Waals surface area contributed by atoms with E-state index in [2.05, 4.69) is 27.0 Å². The molecular weight excluding hydrogens is 292 g/mol. The fraction of sp³-hybridized carbons (Fsp3) is 0.143. The molecule has 0 unspecified atom stereocenters. The molecule has 0 fully saturated rings. The summed E-state index contributed by atoms with van der Waals surface area (Å²) >= 11 is 3.38. The average Bonchev–Trinajstić information content (AvgIpc) is 2.42. The Bertz CT molecular complexity index is 564. The highest BCUT2D eigenvalue weighted by Crippen LogP contribution is 2.25. The van der Waals surface area contributed by atoms with Crippen LogP contribution in [0.25, 0.3) is 0 Å². The smallest absolute Gasteiger partial charge is 0.133 e. The molecule has 4 heteroatoms. The van der Waals surface area contributed by atoms with Crippen molar-refractivity contribution in [3.63, 3.8) is 0 Å². The number of pyridine rings is 1. The minimum atomic E-state index is 0.557. The number of ether oxygens (including phenoxy) is 1. The number of rotatable bonds is 4. The van der Waals surface area contributed by atoms with Gasteiger partial charge >= 0.3 is 0 Å². The Morgan fingerprint density at radius 3 is 2.83 bits per heavy atom. The SMILES string of the molecule is N#Cc1ccc(OCCc2ccccn2)c(Br)c1. The first-order valence-electron chi connectivity index (χ1n) is 5.52. The van der Waals surface area contributed by atoms with Gasteiger partial charge in [-0.2, -0.15) is 5.26 Å². The fourth-order valence-electron chi connectivity index (χ4n) is 1.50. The molecule has 0 aliphatic rings. The van der Waals surface area contributed by atoms with Crippen LogP contribution in [-0.2, 0) is 6.42 Å². The zero-order valence-corrected chi connectivity index (χ0v) is 11.2. The van der Waals surface area contributed by atoms with Crippen molar-refractivity contribution in [1.82, 2.24) is 4.98 Å². The van der Waals surface area contributed by atoms with Gasteiger partial charge in [-0.1, -0.05) is 6.07 Å². The molecular formula is C14H11BrN2O. The Morgan fingerprint density at radius 1 is 1.28 bits per heavy atom. The van der Waals surface area contributed by atoms with E-state index in [-0.39, 0.29) is 0 Å². The molecule has 0 bridgehead atoms. The van der Waals surface area contributed by atoms with E-state index in [0.717, 1.165) is 22.3 Å². The van der Waals surface area contributed by atoms with Gasteiger partial charge < -0.3 is 4.74 Å². The molecule has 18 heavy (non-hydrogen) atoms. The lowest BCUT2D eigenvalue weighted by Crippen LogP contribution is -2.03. The zero-order valence-electron chi connectivity index (χ0n) is 9.64. The Kier molecular flexibility index (Phi) is 4.32. The van der Waals surface area contributed by atoms with Gasteiger partial charge in [0.1, 0.15) is 5.75 Å². The highest BCUT2D eigenvalue weighted by molar-refractivity contribution is 9.10. The van der Waals surface area contributed by atoms with Crippen LogP contribution in [0.15, 0.2) is 47.1 Å². The highest BCUT2D eigenvalue weighted by atomic mass is 79.9. The molecule has 90 valence electrons. The minimum Gasteiger partial charge on any atom is -0.492 e. The molecule has 0 amide bonds. The molecule has 2 rings (SSSR count). The second-order valence-electron chi connectivity index (χ2n) is 3.68. The van der Waals surface area contributed by atoms with Crippen LogP contribution in [0.3, 0.4) is 0 Å². The first-order valence-corrected chi connectivity index (χ1v) is 6.31. The van der Waals surface area contributed by atoms with Gasteiger partial charge in [0, 0.05) is 18.3 Å². The van der Waals surface area contributed by atoms with Crippen molar-refractivity contribution in [1.29, 1.82) is 5.26 Å². The highest BCUT2D eigenvalue weighted by Gasteiger charge is 2.02.